The Morgan fingerprint density at radius 3 is 2.45 bits per heavy atom. The largest absolute Gasteiger partial charge is 0.488 e. The van der Waals surface area contributed by atoms with Gasteiger partial charge in [-0.2, -0.15) is 4.39 Å². The third-order valence-electron chi connectivity index (χ3n) is 8.23. The van der Waals surface area contributed by atoms with Crippen molar-refractivity contribution in [3.8, 4) is 5.75 Å². The monoisotopic (exact) mass is 625 g/mol. The molecule has 2 atom stereocenters. The highest BCUT2D eigenvalue weighted by Crippen LogP contribution is 2.35. The molecule has 2 aliphatic heterocycles. The number of ether oxygens (including phenoxy) is 1. The van der Waals surface area contributed by atoms with Crippen LogP contribution in [0.4, 0.5) is 13.2 Å². The van der Waals surface area contributed by atoms with E-state index in [1.165, 1.54) is 0 Å². The molecule has 3 aromatic rings. The lowest BCUT2D eigenvalue weighted by Crippen LogP contribution is -2.61. The Balaban J connectivity index is 1.36. The summed E-state index contributed by atoms with van der Waals surface area (Å²) in [7, 11) is 0. The number of nitrogens with zero attached hydrogens (tertiary/aromatic N) is 2. The summed E-state index contributed by atoms with van der Waals surface area (Å²) in [4.78, 5) is 30.1. The minimum atomic E-state index is -1.33. The Labute approximate surface area is 260 Å². The molecule has 232 valence electrons. The number of carbonyl (C=O) groups excluding carboxylic acids is 2. The summed E-state index contributed by atoms with van der Waals surface area (Å²) in [5.41, 5.74) is 4.38. The van der Waals surface area contributed by atoms with Crippen LogP contribution in [-0.2, 0) is 22.6 Å². The zero-order chi connectivity index (χ0) is 31.4. The average Bonchev–Trinajstić information content (AvgIpc) is 3.01. The summed E-state index contributed by atoms with van der Waals surface area (Å²) in [6.07, 6.45) is 1.62. The Hall–Kier alpha value is -3.82. The van der Waals surface area contributed by atoms with Crippen molar-refractivity contribution in [1.29, 1.82) is 0 Å². The van der Waals surface area contributed by atoms with Crippen molar-refractivity contribution in [2.45, 2.75) is 51.7 Å². The Kier molecular flexibility index (Phi) is 9.96. The minimum absolute atomic E-state index is 0.0167. The summed E-state index contributed by atoms with van der Waals surface area (Å²) in [6, 6.07) is 16.6. The maximum Gasteiger partial charge on any atom is 0.252 e. The topological polar surface area (TPSA) is 61.9 Å². The molecule has 1 saturated heterocycles. The number of benzene rings is 3. The van der Waals surface area contributed by atoms with Crippen molar-refractivity contribution >= 4 is 29.0 Å². The highest BCUT2D eigenvalue weighted by atomic mass is 35.5. The lowest BCUT2D eigenvalue weighted by Gasteiger charge is -2.44. The molecule has 0 spiro atoms. The molecule has 1 N–H and O–H groups in total. The number of fused-ring (bicyclic) bond motifs is 2. The molecule has 0 saturated carbocycles. The highest BCUT2D eigenvalue weighted by Gasteiger charge is 2.40. The molecule has 2 bridgehead atoms. The van der Waals surface area contributed by atoms with E-state index < -0.39 is 23.2 Å². The van der Waals surface area contributed by atoms with Crippen molar-refractivity contribution in [3.63, 3.8) is 0 Å². The van der Waals surface area contributed by atoms with Gasteiger partial charge in [-0.25, -0.2) is 8.78 Å². The van der Waals surface area contributed by atoms with Crippen LogP contribution in [0.15, 0.2) is 66.2 Å². The fourth-order valence-corrected chi connectivity index (χ4v) is 6.11. The average molecular weight is 626 g/mol. The van der Waals surface area contributed by atoms with Crippen LogP contribution in [0.2, 0.25) is 5.02 Å². The first-order valence-corrected chi connectivity index (χ1v) is 15.2. The van der Waals surface area contributed by atoms with Gasteiger partial charge in [0.25, 0.3) is 5.91 Å². The molecule has 3 aromatic carbocycles. The molecular weight excluding hydrogens is 591 g/mol. The number of aryl methyl sites for hydroxylation is 1. The molecule has 5 rings (SSSR count). The molecule has 2 heterocycles. The van der Waals surface area contributed by atoms with E-state index in [9.17, 15) is 22.8 Å². The summed E-state index contributed by atoms with van der Waals surface area (Å²) < 4.78 is 46.3. The van der Waals surface area contributed by atoms with E-state index in [0.29, 0.717) is 56.0 Å². The van der Waals surface area contributed by atoms with Gasteiger partial charge in [0, 0.05) is 49.7 Å². The van der Waals surface area contributed by atoms with E-state index in [1.54, 1.807) is 16.7 Å². The number of rotatable bonds is 10. The molecular formula is C34H35ClF3N3O3. The quantitative estimate of drug-likeness (QED) is 0.216. The third kappa shape index (κ3) is 6.94. The van der Waals surface area contributed by atoms with Crippen LogP contribution in [-0.4, -0.2) is 59.9 Å². The second kappa shape index (κ2) is 13.9. The van der Waals surface area contributed by atoms with Crippen molar-refractivity contribution in [2.24, 2.45) is 0 Å². The summed E-state index contributed by atoms with van der Waals surface area (Å²) in [5.74, 6) is -4.26. The normalized spacial score (nSPS) is 17.9. The van der Waals surface area contributed by atoms with Gasteiger partial charge in [-0.1, -0.05) is 54.1 Å². The lowest BCUT2D eigenvalue weighted by atomic mass is 9.82. The van der Waals surface area contributed by atoms with E-state index in [0.717, 1.165) is 34.4 Å². The third-order valence-corrected chi connectivity index (χ3v) is 8.60. The second-order valence-electron chi connectivity index (χ2n) is 11.2. The number of nitrogens with one attached hydrogen (secondary N) is 1. The molecule has 2 unspecified atom stereocenters. The smallest absolute Gasteiger partial charge is 0.252 e. The molecule has 2 amide bonds. The van der Waals surface area contributed by atoms with Crippen LogP contribution < -0.4 is 10.1 Å². The van der Waals surface area contributed by atoms with E-state index in [2.05, 4.69) is 5.32 Å². The van der Waals surface area contributed by atoms with E-state index in [-0.39, 0.29) is 30.5 Å². The molecule has 0 radical (unpaired) electrons. The van der Waals surface area contributed by atoms with Crippen LogP contribution in [0.5, 0.6) is 5.75 Å². The fourth-order valence-electron chi connectivity index (χ4n) is 5.92. The van der Waals surface area contributed by atoms with Gasteiger partial charge in [0.05, 0.1) is 12.6 Å². The van der Waals surface area contributed by atoms with Gasteiger partial charge in [0.2, 0.25) is 11.7 Å². The first kappa shape index (κ1) is 31.6. The number of likely N-dealkylation sites (N-methyl/N-ethyl adjacent to an activating group) is 1. The van der Waals surface area contributed by atoms with Gasteiger partial charge in [0.15, 0.2) is 17.4 Å². The van der Waals surface area contributed by atoms with Crippen LogP contribution in [0.1, 0.15) is 43.4 Å². The van der Waals surface area contributed by atoms with Crippen LogP contribution in [0.25, 0.3) is 5.57 Å². The minimum Gasteiger partial charge on any atom is -0.488 e. The number of carbonyl (C=O) groups is 2. The molecule has 0 aromatic heterocycles. The maximum atomic E-state index is 14.2. The second-order valence-corrected chi connectivity index (χ2v) is 11.6. The van der Waals surface area contributed by atoms with Gasteiger partial charge in [-0.3, -0.25) is 9.59 Å². The van der Waals surface area contributed by atoms with Crippen molar-refractivity contribution in [2.75, 3.05) is 26.2 Å². The zero-order valence-electron chi connectivity index (χ0n) is 24.7. The van der Waals surface area contributed by atoms with Crippen LogP contribution in [0.3, 0.4) is 0 Å². The maximum absolute atomic E-state index is 14.2. The van der Waals surface area contributed by atoms with E-state index in [1.807, 2.05) is 55.5 Å². The number of hydrogen-bond acceptors (Lipinski definition) is 4. The number of amides is 2. The predicted octanol–water partition coefficient (Wildman–Crippen LogP) is 6.16. The Bertz CT molecular complexity index is 1560. The molecule has 44 heavy (non-hydrogen) atoms. The summed E-state index contributed by atoms with van der Waals surface area (Å²) in [6.45, 7) is 5.33. The highest BCUT2D eigenvalue weighted by molar-refractivity contribution is 6.31. The predicted molar refractivity (Wildman–Crippen MR) is 164 cm³/mol. The molecule has 1 fully saturated rings. The van der Waals surface area contributed by atoms with E-state index >= 15 is 0 Å². The Morgan fingerprint density at radius 2 is 1.75 bits per heavy atom. The van der Waals surface area contributed by atoms with E-state index in [4.69, 9.17) is 16.3 Å². The van der Waals surface area contributed by atoms with Crippen LogP contribution >= 0.6 is 11.6 Å². The number of piperazine rings is 1. The SMILES string of the molecule is CCN(Cc1ccccc1Cl)C(=O)C1=C(c2ccc(CCCOc3c(F)ccc(F)c3F)cc2)CC2CN(C(C)=O)CC1N2. The Morgan fingerprint density at radius 1 is 1.02 bits per heavy atom. The summed E-state index contributed by atoms with van der Waals surface area (Å²) in [5, 5.41) is 4.18. The molecule has 6 nitrogen and oxygen atoms in total. The first-order chi connectivity index (χ1) is 21.2. The first-order valence-electron chi connectivity index (χ1n) is 14.8. The lowest BCUT2D eigenvalue weighted by molar-refractivity contribution is -0.132. The molecule has 10 heteroatoms. The number of hydrogen-bond donors (Lipinski definition) is 1. The van der Waals surface area contributed by atoms with Gasteiger partial charge in [-0.15, -0.1) is 0 Å². The van der Waals surface area contributed by atoms with Gasteiger partial charge >= 0.3 is 0 Å². The van der Waals surface area contributed by atoms with Crippen molar-refractivity contribution in [1.82, 2.24) is 15.1 Å². The van der Waals surface area contributed by atoms with Gasteiger partial charge < -0.3 is 19.9 Å². The van der Waals surface area contributed by atoms with Crippen molar-refractivity contribution in [3.05, 3.63) is 105 Å². The van der Waals surface area contributed by atoms with Crippen molar-refractivity contribution < 1.29 is 27.5 Å². The fraction of sp³-hybridized carbons (Fsp3) is 0.353. The molecule has 2 aliphatic rings. The zero-order valence-corrected chi connectivity index (χ0v) is 25.5. The number of halogens is 4. The van der Waals surface area contributed by atoms with Gasteiger partial charge in [0.1, 0.15) is 0 Å². The summed E-state index contributed by atoms with van der Waals surface area (Å²) >= 11 is 6.43. The molecule has 0 aliphatic carbocycles. The van der Waals surface area contributed by atoms with Crippen LogP contribution in [0, 0.1) is 17.5 Å². The standard InChI is InChI=1S/C34H35ClF3N3O3/c1-3-40(18-24-8-4-5-9-27(24)35)34(43)31-26(17-25-19-41(21(2)42)20-30(31)39-25)23-12-10-22(11-13-23)7-6-16-44-33-29(37)15-14-28(36)32(33)38/h4-5,8-15,25,30,39H,3,6-7,16-20H2,1-2H3. The van der Waals surface area contributed by atoms with Gasteiger partial charge in [-0.05, 0) is 66.6 Å².